The van der Waals surface area contributed by atoms with Crippen LogP contribution in [0, 0.1) is 29.1 Å². The summed E-state index contributed by atoms with van der Waals surface area (Å²) < 4.78 is 43.5. The van der Waals surface area contributed by atoms with Crippen molar-refractivity contribution in [3.8, 4) is 17.2 Å². The highest BCUT2D eigenvalue weighted by atomic mass is 16.6. The average Bonchev–Trinajstić information content (AvgIpc) is 3.75. The minimum atomic E-state index is -0.421. The van der Waals surface area contributed by atoms with Crippen LogP contribution < -0.4 is 19.9 Å². The topological polar surface area (TPSA) is 209 Å². The molecule has 0 aliphatic heterocycles. The van der Waals surface area contributed by atoms with E-state index in [0.717, 1.165) is 30.8 Å². The van der Waals surface area contributed by atoms with Crippen molar-refractivity contribution < 1.29 is 61.9 Å². The maximum Gasteiger partial charge on any atom is 0.338 e. The third-order valence-electron chi connectivity index (χ3n) is 12.1. The molecule has 0 aromatic heterocycles. The number of ether oxygens (including phenoxy) is 8. The van der Waals surface area contributed by atoms with Crippen molar-refractivity contribution >= 4 is 37.0 Å². The molecule has 3 aromatic rings. The van der Waals surface area contributed by atoms with E-state index in [0.29, 0.717) is 115 Å². The number of nitrogens with two attached hydrogens (primary N) is 1. The number of aldehydes is 3. The maximum absolute atomic E-state index is 12.3. The van der Waals surface area contributed by atoms with E-state index < -0.39 is 11.6 Å². The maximum atomic E-state index is 12.3. The fourth-order valence-electron chi connectivity index (χ4n) is 8.36. The van der Waals surface area contributed by atoms with Gasteiger partial charge in [-0.25, -0.2) is 9.59 Å². The monoisotopic (exact) mass is 1060 g/mol. The summed E-state index contributed by atoms with van der Waals surface area (Å²) in [5.41, 5.74) is 8.29. The molecule has 5 unspecified atom stereocenters. The summed E-state index contributed by atoms with van der Waals surface area (Å²) >= 11 is 0. The van der Waals surface area contributed by atoms with Crippen LogP contribution in [0.4, 0.5) is 0 Å². The fourth-order valence-corrected chi connectivity index (χ4v) is 8.36. The molecule has 15 heteroatoms. The lowest BCUT2D eigenvalue weighted by atomic mass is 9.83. The zero-order valence-electron chi connectivity index (χ0n) is 45.8. The number of methoxy groups -OCH3 is 3. The normalized spacial score (nSPS) is 17.5. The van der Waals surface area contributed by atoms with Crippen molar-refractivity contribution in [1.82, 2.24) is 0 Å². The van der Waals surface area contributed by atoms with Gasteiger partial charge in [0.1, 0.15) is 54.4 Å². The lowest BCUT2D eigenvalue weighted by Crippen LogP contribution is -2.38. The first kappa shape index (κ1) is 65.8. The van der Waals surface area contributed by atoms with Gasteiger partial charge < -0.3 is 49.0 Å². The number of carbonyl (C=O) groups is 5. The minimum absolute atomic E-state index is 0.186. The summed E-state index contributed by atoms with van der Waals surface area (Å²) in [7, 11) is 4.86. The molecule has 0 spiro atoms. The first-order valence-corrected chi connectivity index (χ1v) is 25.3. The van der Waals surface area contributed by atoms with Crippen molar-refractivity contribution in [2.75, 3.05) is 54.4 Å². The molecule has 5 atom stereocenters. The molecule has 416 valence electrons. The van der Waals surface area contributed by atoms with Crippen LogP contribution in [-0.2, 0) is 44.5 Å². The first-order chi connectivity index (χ1) is 37.0. The molecule has 3 aromatic carbocycles. The van der Waals surface area contributed by atoms with Crippen molar-refractivity contribution in [2.45, 2.75) is 76.7 Å². The number of rotatable bonds is 26. The Morgan fingerprint density at radius 1 is 0.701 bits per heavy atom. The summed E-state index contributed by atoms with van der Waals surface area (Å²) in [6, 6.07) is 19.7. The van der Waals surface area contributed by atoms with E-state index in [9.17, 15) is 14.4 Å². The molecule has 15 nitrogen and oxygen atoms in total. The highest BCUT2D eigenvalue weighted by Gasteiger charge is 2.45. The smallest absolute Gasteiger partial charge is 0.338 e. The second-order valence-electron chi connectivity index (χ2n) is 18.8. The van der Waals surface area contributed by atoms with Crippen LogP contribution in [0.1, 0.15) is 78.8 Å². The number of hydrogen-bond acceptors (Lipinski definition) is 15. The number of esters is 2. The van der Waals surface area contributed by atoms with Gasteiger partial charge in [-0.15, -0.1) is 0 Å². The zero-order valence-corrected chi connectivity index (χ0v) is 45.8. The third kappa shape index (κ3) is 24.9. The lowest BCUT2D eigenvalue weighted by molar-refractivity contribution is -0.138. The van der Waals surface area contributed by atoms with Gasteiger partial charge in [-0.05, 0) is 143 Å². The average molecular weight is 1060 g/mol. The molecule has 0 heterocycles. The summed E-state index contributed by atoms with van der Waals surface area (Å²) in [6.07, 6.45) is 27.2. The van der Waals surface area contributed by atoms with Gasteiger partial charge in [-0.3, -0.25) is 14.4 Å². The number of carbonyl (C=O) groups excluding carboxylic acids is 5. The Morgan fingerprint density at radius 3 is 1.77 bits per heavy atom. The summed E-state index contributed by atoms with van der Waals surface area (Å²) in [6.45, 7) is 19.6. The van der Waals surface area contributed by atoms with E-state index in [4.69, 9.17) is 58.6 Å². The predicted octanol–water partition coefficient (Wildman–Crippen LogP) is 10.3. The molecule has 1 saturated carbocycles. The SMILES string of the molecule is C=CC(=O)OCCCCOCC(COc1ccc(C=O)cc1)OC.C=CC=O.C=CC=O.COc1ccc(CCOC(=O)c2ccc(OC(C)(C)CC(C)(C)OC)cc2)cc1C=N.NC1C2C=CC=CC2C2C=CC=CC12. The molecule has 0 amide bonds. The zero-order chi connectivity index (χ0) is 57.1. The van der Waals surface area contributed by atoms with Crippen LogP contribution in [-0.4, -0.2) is 115 Å². The molecule has 3 aliphatic rings. The van der Waals surface area contributed by atoms with Crippen LogP contribution in [0.3, 0.4) is 0 Å². The van der Waals surface area contributed by atoms with Crippen molar-refractivity contribution in [3.05, 3.63) is 176 Å². The van der Waals surface area contributed by atoms with Crippen molar-refractivity contribution in [2.24, 2.45) is 29.4 Å². The predicted molar refractivity (Wildman–Crippen MR) is 302 cm³/mol. The molecular formula is C62H80N2O13. The molecular weight excluding hydrogens is 981 g/mol. The molecule has 6 rings (SSSR count). The Hall–Kier alpha value is -7.30. The minimum Gasteiger partial charge on any atom is -0.496 e. The largest absolute Gasteiger partial charge is 0.496 e. The Balaban J connectivity index is 0.000000386. The Labute approximate surface area is 456 Å². The summed E-state index contributed by atoms with van der Waals surface area (Å²) in [4.78, 5) is 51.9. The number of allylic oxidation sites excluding steroid dienone is 8. The summed E-state index contributed by atoms with van der Waals surface area (Å²) in [5, 5.41) is 7.46. The summed E-state index contributed by atoms with van der Waals surface area (Å²) in [5.74, 6) is 3.55. The Kier molecular flexibility index (Phi) is 31.3. The Bertz CT molecular complexity index is 2360. The molecule has 3 aliphatic carbocycles. The van der Waals surface area contributed by atoms with E-state index in [1.54, 1.807) is 69.9 Å². The second kappa shape index (κ2) is 36.6. The van der Waals surface area contributed by atoms with Gasteiger partial charge in [-0.1, -0.05) is 74.4 Å². The van der Waals surface area contributed by atoms with Gasteiger partial charge in [0.2, 0.25) is 0 Å². The number of unbranched alkanes of at least 4 members (excludes halogenated alkanes) is 1. The fraction of sp³-hybridized carbons (Fsp3) is 0.387. The third-order valence-corrected chi connectivity index (χ3v) is 12.1. The highest BCUT2D eigenvalue weighted by molar-refractivity contribution is 5.89. The van der Waals surface area contributed by atoms with E-state index >= 15 is 0 Å². The van der Waals surface area contributed by atoms with Crippen LogP contribution in [0.15, 0.2) is 153 Å². The molecule has 77 heavy (non-hydrogen) atoms. The molecule has 3 N–H and O–H groups in total. The first-order valence-electron chi connectivity index (χ1n) is 25.3. The number of nitrogens with one attached hydrogen (secondary N) is 1. The number of fused-ring (bicyclic) bond motifs is 3. The Morgan fingerprint density at radius 2 is 1.26 bits per heavy atom. The molecule has 0 bridgehead atoms. The van der Waals surface area contributed by atoms with Gasteiger partial charge in [0.15, 0.2) is 0 Å². The highest BCUT2D eigenvalue weighted by Crippen LogP contribution is 2.46. The van der Waals surface area contributed by atoms with Gasteiger partial charge in [0, 0.05) is 63.1 Å². The molecule has 0 radical (unpaired) electrons. The standard InChI is InChI=1S/C25H33NO5.C18H24O6.C13H15N.2C3H4O/c1-24(2,29-6)17-25(3,4)31-21-10-8-19(9-11-21)23(27)30-14-13-18-7-12-22(28-5)20(15-18)16-26;1-3-18(20)23-11-5-4-10-22-13-17(21-2)14-24-16-8-6-15(12-19)7-9-16;14-13-11-7-3-1-5-9(11)10-6-2-4-8-12(10)13;2*1-2-3-4/h7-12,15-16,26H,13-14,17H2,1-6H3;3,6-9,12,17H,1,4-5,10-11,13-14H2,2H3;1-13H,14H2;2*2-3H,1H2. The van der Waals surface area contributed by atoms with Crippen LogP contribution in [0.2, 0.25) is 0 Å². The van der Waals surface area contributed by atoms with E-state index in [1.807, 2.05) is 45.9 Å². The van der Waals surface area contributed by atoms with Gasteiger partial charge >= 0.3 is 11.9 Å². The second-order valence-corrected chi connectivity index (χ2v) is 18.8. The van der Waals surface area contributed by atoms with Gasteiger partial charge in [0.25, 0.3) is 0 Å². The lowest BCUT2D eigenvalue weighted by Gasteiger charge is -2.34. The van der Waals surface area contributed by atoms with E-state index in [-0.39, 0.29) is 24.3 Å². The van der Waals surface area contributed by atoms with Crippen LogP contribution in [0.25, 0.3) is 0 Å². The molecule has 1 fully saturated rings. The van der Waals surface area contributed by atoms with Crippen molar-refractivity contribution in [3.63, 3.8) is 0 Å². The van der Waals surface area contributed by atoms with Gasteiger partial charge in [-0.2, -0.15) is 0 Å². The van der Waals surface area contributed by atoms with Crippen LogP contribution >= 0.6 is 0 Å². The number of benzene rings is 3. The molecule has 0 saturated heterocycles. The van der Waals surface area contributed by atoms with E-state index in [2.05, 4.69) is 68.3 Å². The van der Waals surface area contributed by atoms with Crippen LogP contribution in [0.5, 0.6) is 17.2 Å². The quantitative estimate of drug-likeness (QED) is 0.0252. The number of hydrogen-bond donors (Lipinski definition) is 2. The van der Waals surface area contributed by atoms with Gasteiger partial charge in [0.05, 0.1) is 38.1 Å². The van der Waals surface area contributed by atoms with Crippen molar-refractivity contribution in [1.29, 1.82) is 5.41 Å². The van der Waals surface area contributed by atoms with E-state index in [1.165, 1.54) is 18.4 Å².